The van der Waals surface area contributed by atoms with Gasteiger partial charge in [0.15, 0.2) is 0 Å². The van der Waals surface area contributed by atoms with Crippen molar-refractivity contribution in [3.63, 3.8) is 0 Å². The number of nitriles is 2. The van der Waals surface area contributed by atoms with Crippen molar-refractivity contribution in [1.29, 1.82) is 10.5 Å². The van der Waals surface area contributed by atoms with Crippen LogP contribution < -0.4 is 0 Å². The molecule has 0 spiro atoms. The lowest BCUT2D eigenvalue weighted by Gasteiger charge is -2.19. The van der Waals surface area contributed by atoms with Crippen LogP contribution in [-0.2, 0) is 12.4 Å². The fraction of sp³-hybridized carbons (Fsp3) is 0.0606. The van der Waals surface area contributed by atoms with E-state index < -0.39 is 52.6 Å². The van der Waals surface area contributed by atoms with Crippen molar-refractivity contribution >= 4 is 43.6 Å². The van der Waals surface area contributed by atoms with Crippen molar-refractivity contribution in [2.45, 2.75) is 26.2 Å². The first-order valence-corrected chi connectivity index (χ1v) is 24.9. The van der Waals surface area contributed by atoms with E-state index in [1.54, 1.807) is 94.9 Å². The molecule has 0 aliphatic heterocycles. The third-order valence-electron chi connectivity index (χ3n) is 14.8. The Bertz CT molecular complexity index is 4740. The van der Waals surface area contributed by atoms with Crippen molar-refractivity contribution in [3.05, 3.63) is 238 Å². The molecule has 12 aromatic rings. The highest BCUT2D eigenvalue weighted by Gasteiger charge is 2.35. The number of nitrogens with zero attached hydrogens (tertiary/aromatic N) is 4. The Hall–Kier alpha value is -9.99. The normalized spacial score (nSPS) is 12.0. The van der Waals surface area contributed by atoms with Crippen LogP contribution in [0.5, 0.6) is 0 Å². The maximum Gasteiger partial charge on any atom is 0.417 e. The molecular weight excluding hydrogens is 1060 g/mol. The standard InChI is InChI=1S/C66H35F11N4/c1-34-3-12-46(55(21-34)66(75,76)77)38-6-18-60-51(25-38)53-27-40(48-16-11-44(68)31-58(48)71)8-20-62(53)81(60)64-29-41(49-13-4-36(32-78)23-56(49)69)28-63(54(64)33-79)80-59-17-5-37(45-15-10-43(67)22-35(45)2)24-50(59)52-26-39(7-19-61(52)80)47-14-9-42(30-57(47)70)65(72,73)74/h3-31H,1-2H3. The highest BCUT2D eigenvalue weighted by Crippen LogP contribution is 2.46. The van der Waals surface area contributed by atoms with Gasteiger partial charge in [0.25, 0.3) is 0 Å². The Balaban J connectivity index is 1.19. The topological polar surface area (TPSA) is 57.4 Å². The number of fused-ring (bicyclic) bond motifs is 6. The first kappa shape index (κ1) is 51.7. The van der Waals surface area contributed by atoms with Crippen LogP contribution >= 0.6 is 0 Å². The number of hydrogen-bond acceptors (Lipinski definition) is 2. The van der Waals surface area contributed by atoms with E-state index in [4.69, 9.17) is 0 Å². The van der Waals surface area contributed by atoms with Crippen LogP contribution in [0.1, 0.15) is 33.4 Å². The molecule has 12 rings (SSSR count). The zero-order valence-corrected chi connectivity index (χ0v) is 42.2. The van der Waals surface area contributed by atoms with Crippen LogP contribution in [0.25, 0.3) is 111 Å². The molecule has 0 radical (unpaired) electrons. The number of aryl methyl sites for hydroxylation is 2. The first-order chi connectivity index (χ1) is 38.7. The quantitative estimate of drug-likeness (QED) is 0.149. The Morgan fingerprint density at radius 2 is 0.802 bits per heavy atom. The highest BCUT2D eigenvalue weighted by atomic mass is 19.4. The van der Waals surface area contributed by atoms with Gasteiger partial charge in [0.05, 0.1) is 56.2 Å². The fourth-order valence-corrected chi connectivity index (χ4v) is 11.0. The summed E-state index contributed by atoms with van der Waals surface area (Å²) in [6.45, 7) is 3.27. The van der Waals surface area contributed by atoms with Gasteiger partial charge >= 0.3 is 12.4 Å². The van der Waals surface area contributed by atoms with E-state index in [1.807, 2.05) is 12.1 Å². The predicted molar refractivity (Wildman–Crippen MR) is 291 cm³/mol. The second kappa shape index (κ2) is 19.1. The minimum absolute atomic E-state index is 0.00734. The van der Waals surface area contributed by atoms with E-state index in [0.29, 0.717) is 71.9 Å². The van der Waals surface area contributed by atoms with Crippen molar-refractivity contribution in [3.8, 4) is 79.1 Å². The summed E-state index contributed by atoms with van der Waals surface area (Å²) in [6.07, 6.45) is -9.58. The van der Waals surface area contributed by atoms with E-state index in [1.165, 1.54) is 55.5 Å². The van der Waals surface area contributed by atoms with Crippen LogP contribution in [0.3, 0.4) is 0 Å². The van der Waals surface area contributed by atoms with Gasteiger partial charge in [0.1, 0.15) is 40.7 Å². The summed E-state index contributed by atoms with van der Waals surface area (Å²) in [6, 6.07) is 44.3. The molecule has 2 aromatic heterocycles. The lowest BCUT2D eigenvalue weighted by Crippen LogP contribution is -2.07. The van der Waals surface area contributed by atoms with Crippen molar-refractivity contribution in [1.82, 2.24) is 9.13 Å². The predicted octanol–water partition coefficient (Wildman–Crippen LogP) is 19.3. The van der Waals surface area contributed by atoms with Gasteiger partial charge in [-0.3, -0.25) is 0 Å². The van der Waals surface area contributed by atoms with Gasteiger partial charge in [-0.05, 0) is 174 Å². The second-order valence-electron chi connectivity index (χ2n) is 19.7. The van der Waals surface area contributed by atoms with Crippen LogP contribution in [0, 0.1) is 65.6 Å². The van der Waals surface area contributed by atoms with Crippen LogP contribution in [0.2, 0.25) is 0 Å². The molecule has 81 heavy (non-hydrogen) atoms. The third kappa shape index (κ3) is 8.88. The SMILES string of the molecule is Cc1ccc(-c2ccc3c(c2)c2cc(-c4ccc(F)cc4F)ccc2n3-c2cc(-c3ccc(C#N)cc3F)cc(-n3c4ccc(-c5ccc(F)cc5C)cc4c4cc(-c5ccc(C(F)(F)F)cc5F)ccc43)c2C#N)c(C(F)(F)F)c1. The van der Waals surface area contributed by atoms with E-state index in [9.17, 15) is 45.6 Å². The molecule has 0 amide bonds. The molecule has 396 valence electrons. The monoisotopic (exact) mass is 1090 g/mol. The Labute approximate surface area is 453 Å². The summed E-state index contributed by atoms with van der Waals surface area (Å²) >= 11 is 0. The van der Waals surface area contributed by atoms with Crippen molar-refractivity contribution in [2.24, 2.45) is 0 Å². The van der Waals surface area contributed by atoms with Gasteiger partial charge in [0.2, 0.25) is 0 Å². The molecule has 0 N–H and O–H groups in total. The van der Waals surface area contributed by atoms with Gasteiger partial charge in [0, 0.05) is 44.3 Å². The summed E-state index contributed by atoms with van der Waals surface area (Å²) in [5.74, 6) is -4.13. The van der Waals surface area contributed by atoms with E-state index in [0.717, 1.165) is 36.4 Å². The average Bonchev–Trinajstić information content (AvgIpc) is 4.01. The maximum absolute atomic E-state index is 16.6. The van der Waals surface area contributed by atoms with Gasteiger partial charge in [-0.25, -0.2) is 22.0 Å². The molecule has 0 atom stereocenters. The Morgan fingerprint density at radius 1 is 0.370 bits per heavy atom. The third-order valence-corrected chi connectivity index (χ3v) is 14.8. The second-order valence-corrected chi connectivity index (χ2v) is 19.7. The molecule has 0 saturated carbocycles. The summed E-state index contributed by atoms with van der Waals surface area (Å²) < 4.78 is 166. The van der Waals surface area contributed by atoms with Gasteiger partial charge in [-0.15, -0.1) is 0 Å². The largest absolute Gasteiger partial charge is 0.417 e. The molecule has 15 heteroatoms. The van der Waals surface area contributed by atoms with Gasteiger partial charge in [-0.1, -0.05) is 60.2 Å². The molecule has 4 nitrogen and oxygen atoms in total. The molecule has 10 aromatic carbocycles. The number of alkyl halides is 6. The lowest BCUT2D eigenvalue weighted by atomic mass is 9.95. The van der Waals surface area contributed by atoms with E-state index in [2.05, 4.69) is 6.07 Å². The van der Waals surface area contributed by atoms with Crippen molar-refractivity contribution < 1.29 is 48.3 Å². The smallest absolute Gasteiger partial charge is 0.308 e. The average molecular weight is 1090 g/mol. The van der Waals surface area contributed by atoms with Crippen molar-refractivity contribution in [2.75, 3.05) is 0 Å². The number of aromatic nitrogens is 2. The number of rotatable bonds is 7. The molecule has 0 unspecified atom stereocenters. The summed E-state index contributed by atoms with van der Waals surface area (Å²) in [5.41, 5.74) is 2.50. The van der Waals surface area contributed by atoms with Gasteiger partial charge < -0.3 is 9.13 Å². The molecule has 2 heterocycles. The molecule has 0 bridgehead atoms. The van der Waals surface area contributed by atoms with Crippen LogP contribution in [-0.4, -0.2) is 9.13 Å². The number of halogens is 11. The minimum Gasteiger partial charge on any atom is -0.308 e. The highest BCUT2D eigenvalue weighted by molar-refractivity contribution is 6.14. The summed E-state index contributed by atoms with van der Waals surface area (Å²) in [4.78, 5) is 0. The van der Waals surface area contributed by atoms with Crippen LogP contribution in [0.15, 0.2) is 176 Å². The van der Waals surface area contributed by atoms with Crippen LogP contribution in [0.4, 0.5) is 48.3 Å². The maximum atomic E-state index is 16.6. The zero-order chi connectivity index (χ0) is 57.0. The summed E-state index contributed by atoms with van der Waals surface area (Å²) in [7, 11) is 0. The number of hydrogen-bond donors (Lipinski definition) is 0. The number of benzene rings is 10. The molecule has 0 fully saturated rings. The first-order valence-electron chi connectivity index (χ1n) is 24.9. The van der Waals surface area contributed by atoms with E-state index in [-0.39, 0.29) is 67.0 Å². The Morgan fingerprint density at radius 3 is 1.26 bits per heavy atom. The summed E-state index contributed by atoms with van der Waals surface area (Å²) in [5, 5.41) is 23.1. The fourth-order valence-electron chi connectivity index (χ4n) is 11.0. The van der Waals surface area contributed by atoms with Gasteiger partial charge in [-0.2, -0.15) is 36.9 Å². The Kier molecular flexibility index (Phi) is 12.2. The minimum atomic E-state index is -4.82. The molecular formula is C66H35F11N4. The zero-order valence-electron chi connectivity index (χ0n) is 42.2. The lowest BCUT2D eigenvalue weighted by molar-refractivity contribution is -0.138. The molecule has 0 aliphatic rings. The molecule has 0 aliphatic carbocycles. The molecule has 0 saturated heterocycles. The van der Waals surface area contributed by atoms with E-state index >= 15 is 13.2 Å².